The lowest BCUT2D eigenvalue weighted by Crippen LogP contribution is -2.07. The van der Waals surface area contributed by atoms with Crippen molar-refractivity contribution >= 4 is 0 Å². The standard InChI is InChI=1S/C10H12FNO/c1-6-4-7-8(5-12)9(11)2-3-10(7)13-6/h2-3,6H,4-5,12H2,1H3. The van der Waals surface area contributed by atoms with Crippen LogP contribution in [0, 0.1) is 5.82 Å². The molecule has 0 saturated heterocycles. The van der Waals surface area contributed by atoms with E-state index >= 15 is 0 Å². The van der Waals surface area contributed by atoms with E-state index in [9.17, 15) is 4.39 Å². The van der Waals surface area contributed by atoms with Crippen molar-refractivity contribution in [1.82, 2.24) is 0 Å². The average molecular weight is 181 g/mol. The second-order valence-corrected chi connectivity index (χ2v) is 3.34. The third-order valence-corrected chi connectivity index (χ3v) is 2.35. The highest BCUT2D eigenvalue weighted by molar-refractivity contribution is 5.44. The van der Waals surface area contributed by atoms with Gasteiger partial charge in [-0.25, -0.2) is 4.39 Å². The van der Waals surface area contributed by atoms with Gasteiger partial charge in [-0.1, -0.05) is 0 Å². The molecule has 1 atom stereocenters. The smallest absolute Gasteiger partial charge is 0.128 e. The topological polar surface area (TPSA) is 35.2 Å². The molecule has 2 nitrogen and oxygen atoms in total. The van der Waals surface area contributed by atoms with E-state index < -0.39 is 0 Å². The molecule has 1 aliphatic rings. The number of benzene rings is 1. The summed E-state index contributed by atoms with van der Waals surface area (Å²) < 4.78 is 18.7. The van der Waals surface area contributed by atoms with Crippen molar-refractivity contribution < 1.29 is 9.13 Å². The summed E-state index contributed by atoms with van der Waals surface area (Å²) in [6.07, 6.45) is 0.904. The minimum Gasteiger partial charge on any atom is -0.490 e. The van der Waals surface area contributed by atoms with Gasteiger partial charge in [0, 0.05) is 24.1 Å². The van der Waals surface area contributed by atoms with Gasteiger partial charge >= 0.3 is 0 Å². The van der Waals surface area contributed by atoms with Gasteiger partial charge in [0.2, 0.25) is 0 Å². The number of hydrogen-bond acceptors (Lipinski definition) is 2. The Hall–Kier alpha value is -1.09. The number of halogens is 1. The van der Waals surface area contributed by atoms with Crippen LogP contribution in [0.3, 0.4) is 0 Å². The summed E-state index contributed by atoms with van der Waals surface area (Å²) in [5, 5.41) is 0. The number of hydrogen-bond donors (Lipinski definition) is 1. The first-order valence-corrected chi connectivity index (χ1v) is 4.39. The maximum atomic E-state index is 13.2. The van der Waals surface area contributed by atoms with Crippen molar-refractivity contribution in [1.29, 1.82) is 0 Å². The molecule has 0 amide bonds. The lowest BCUT2D eigenvalue weighted by Gasteiger charge is -2.05. The van der Waals surface area contributed by atoms with Gasteiger partial charge < -0.3 is 10.5 Å². The fourth-order valence-electron chi connectivity index (χ4n) is 1.74. The predicted octanol–water partition coefficient (Wildman–Crippen LogP) is 1.61. The number of ether oxygens (including phenoxy) is 1. The van der Waals surface area contributed by atoms with Crippen molar-refractivity contribution in [3.63, 3.8) is 0 Å². The second kappa shape index (κ2) is 3.00. The molecule has 0 aliphatic carbocycles. The summed E-state index contributed by atoms with van der Waals surface area (Å²) in [6, 6.07) is 3.09. The molecule has 1 aliphatic heterocycles. The van der Waals surface area contributed by atoms with E-state index in [0.29, 0.717) is 5.56 Å². The van der Waals surface area contributed by atoms with E-state index in [1.165, 1.54) is 6.07 Å². The summed E-state index contributed by atoms with van der Waals surface area (Å²) in [4.78, 5) is 0. The molecule has 1 heterocycles. The van der Waals surface area contributed by atoms with Crippen LogP contribution in [0.1, 0.15) is 18.1 Å². The molecule has 2 rings (SSSR count). The van der Waals surface area contributed by atoms with Crippen molar-refractivity contribution in [3.05, 3.63) is 29.1 Å². The van der Waals surface area contributed by atoms with E-state index in [0.717, 1.165) is 17.7 Å². The van der Waals surface area contributed by atoms with Crippen LogP contribution in [-0.4, -0.2) is 6.10 Å². The van der Waals surface area contributed by atoms with E-state index in [2.05, 4.69) is 0 Å². The van der Waals surface area contributed by atoms with Gasteiger partial charge in [0.1, 0.15) is 17.7 Å². The Bertz CT molecular complexity index is 338. The number of rotatable bonds is 1. The first-order chi connectivity index (χ1) is 6.22. The van der Waals surface area contributed by atoms with Crippen LogP contribution in [0.15, 0.2) is 12.1 Å². The van der Waals surface area contributed by atoms with Gasteiger partial charge in [0.15, 0.2) is 0 Å². The molecule has 1 unspecified atom stereocenters. The number of nitrogens with two attached hydrogens (primary N) is 1. The van der Waals surface area contributed by atoms with Crippen LogP contribution < -0.4 is 10.5 Å². The van der Waals surface area contributed by atoms with Crippen molar-refractivity contribution in [2.45, 2.75) is 26.0 Å². The summed E-state index contributed by atoms with van der Waals surface area (Å²) in [6.45, 7) is 2.21. The first-order valence-electron chi connectivity index (χ1n) is 4.39. The molecule has 0 aromatic heterocycles. The van der Waals surface area contributed by atoms with E-state index in [1.807, 2.05) is 6.92 Å². The molecule has 3 heteroatoms. The van der Waals surface area contributed by atoms with Gasteiger partial charge in [-0.2, -0.15) is 0 Å². The Morgan fingerprint density at radius 1 is 1.62 bits per heavy atom. The molecule has 0 saturated carbocycles. The molecule has 13 heavy (non-hydrogen) atoms. The van der Waals surface area contributed by atoms with Crippen molar-refractivity contribution in [2.24, 2.45) is 5.73 Å². The summed E-state index contributed by atoms with van der Waals surface area (Å²) in [5.41, 5.74) is 7.01. The quantitative estimate of drug-likeness (QED) is 0.714. The zero-order chi connectivity index (χ0) is 9.42. The van der Waals surface area contributed by atoms with Crippen LogP contribution in [0.25, 0.3) is 0 Å². The molecule has 0 bridgehead atoms. The predicted molar refractivity (Wildman–Crippen MR) is 48.1 cm³/mol. The molecule has 0 radical (unpaired) electrons. The monoisotopic (exact) mass is 181 g/mol. The van der Waals surface area contributed by atoms with Crippen LogP contribution in [0.4, 0.5) is 4.39 Å². The van der Waals surface area contributed by atoms with Gasteiger partial charge in [-0.3, -0.25) is 0 Å². The lowest BCUT2D eigenvalue weighted by molar-refractivity contribution is 0.254. The molecule has 0 spiro atoms. The lowest BCUT2D eigenvalue weighted by atomic mass is 10.0. The first kappa shape index (κ1) is 8.51. The number of fused-ring (bicyclic) bond motifs is 1. The maximum Gasteiger partial charge on any atom is 0.128 e. The third kappa shape index (κ3) is 1.29. The highest BCUT2D eigenvalue weighted by atomic mass is 19.1. The summed E-state index contributed by atoms with van der Waals surface area (Å²) in [5.74, 6) is 0.563. The SMILES string of the molecule is CC1Cc2c(ccc(F)c2CN)O1. The maximum absolute atomic E-state index is 13.2. The van der Waals surface area contributed by atoms with Crippen LogP contribution >= 0.6 is 0 Å². The molecule has 0 fully saturated rings. The van der Waals surface area contributed by atoms with E-state index in [-0.39, 0.29) is 18.5 Å². The Labute approximate surface area is 76.5 Å². The fraction of sp³-hybridized carbons (Fsp3) is 0.400. The molecular weight excluding hydrogens is 169 g/mol. The average Bonchev–Trinajstić information content (AvgIpc) is 2.45. The molecule has 1 aromatic rings. The highest BCUT2D eigenvalue weighted by Crippen LogP contribution is 2.32. The van der Waals surface area contributed by atoms with E-state index in [1.54, 1.807) is 6.07 Å². The Morgan fingerprint density at radius 2 is 2.38 bits per heavy atom. The summed E-state index contributed by atoms with van der Waals surface area (Å²) >= 11 is 0. The van der Waals surface area contributed by atoms with Gasteiger partial charge in [-0.15, -0.1) is 0 Å². The van der Waals surface area contributed by atoms with Crippen molar-refractivity contribution in [3.8, 4) is 5.75 Å². The van der Waals surface area contributed by atoms with Crippen LogP contribution in [-0.2, 0) is 13.0 Å². The normalized spacial score (nSPS) is 19.8. The molecule has 1 aromatic carbocycles. The van der Waals surface area contributed by atoms with Gasteiger partial charge in [-0.05, 0) is 19.1 Å². The fourth-order valence-corrected chi connectivity index (χ4v) is 1.74. The molecule has 70 valence electrons. The zero-order valence-electron chi connectivity index (χ0n) is 7.51. The van der Waals surface area contributed by atoms with Gasteiger partial charge in [0.05, 0.1) is 0 Å². The minimum atomic E-state index is -0.223. The molecule has 2 N–H and O–H groups in total. The second-order valence-electron chi connectivity index (χ2n) is 3.34. The Balaban J connectivity index is 2.52. The Morgan fingerprint density at radius 3 is 3.08 bits per heavy atom. The largest absolute Gasteiger partial charge is 0.490 e. The molecular formula is C10H12FNO. The highest BCUT2D eigenvalue weighted by Gasteiger charge is 2.23. The summed E-state index contributed by atoms with van der Waals surface area (Å²) in [7, 11) is 0. The Kier molecular flexibility index (Phi) is 1.96. The van der Waals surface area contributed by atoms with Gasteiger partial charge in [0.25, 0.3) is 0 Å². The van der Waals surface area contributed by atoms with Crippen molar-refractivity contribution in [2.75, 3.05) is 0 Å². The van der Waals surface area contributed by atoms with Crippen LogP contribution in [0.2, 0.25) is 0 Å². The van der Waals surface area contributed by atoms with E-state index in [4.69, 9.17) is 10.5 Å². The zero-order valence-corrected chi connectivity index (χ0v) is 7.51. The van der Waals surface area contributed by atoms with Crippen LogP contribution in [0.5, 0.6) is 5.75 Å². The third-order valence-electron chi connectivity index (χ3n) is 2.35. The minimum absolute atomic E-state index is 0.141.